The summed E-state index contributed by atoms with van der Waals surface area (Å²) in [6.45, 7) is 3.78. The molecule has 1 N–H and O–H groups in total. The minimum absolute atomic E-state index is 0.0891. The van der Waals surface area contributed by atoms with Crippen molar-refractivity contribution < 1.29 is 4.79 Å². The number of nitrogens with one attached hydrogen (secondary N) is 1. The second-order valence-corrected chi connectivity index (χ2v) is 4.96. The van der Waals surface area contributed by atoms with Gasteiger partial charge < -0.3 is 5.32 Å². The predicted octanol–water partition coefficient (Wildman–Crippen LogP) is 2.85. The van der Waals surface area contributed by atoms with Gasteiger partial charge in [0.15, 0.2) is 0 Å². The number of fused-ring (bicyclic) bond motifs is 2. The monoisotopic (exact) mass is 239 g/mol. The standard InChI is InChI=1S/C16H17NO/c1-2-6-14-13-10-5-8-11-7-3-4-9-12(11)15(13)16(18)17-14/h2-4,7,9,14H,1,5-6,8,10H2,(H,17,18). The molecule has 1 heterocycles. The zero-order chi connectivity index (χ0) is 12.5. The minimum atomic E-state index is 0.0891. The van der Waals surface area contributed by atoms with Gasteiger partial charge in [-0.3, -0.25) is 4.79 Å². The summed E-state index contributed by atoms with van der Waals surface area (Å²) >= 11 is 0. The van der Waals surface area contributed by atoms with E-state index in [9.17, 15) is 4.79 Å². The van der Waals surface area contributed by atoms with Gasteiger partial charge in [0.25, 0.3) is 5.91 Å². The molecule has 1 amide bonds. The largest absolute Gasteiger partial charge is 0.345 e. The Bertz CT molecular complexity index is 542. The van der Waals surface area contributed by atoms with Crippen LogP contribution in [0.3, 0.4) is 0 Å². The molecule has 0 radical (unpaired) electrons. The van der Waals surface area contributed by atoms with Crippen LogP contribution < -0.4 is 5.32 Å². The molecule has 2 nitrogen and oxygen atoms in total. The maximum atomic E-state index is 12.2. The molecule has 18 heavy (non-hydrogen) atoms. The number of carbonyl (C=O) groups is 1. The number of rotatable bonds is 2. The van der Waals surface area contributed by atoms with Crippen LogP contribution in [0.1, 0.15) is 30.4 Å². The molecule has 0 saturated heterocycles. The van der Waals surface area contributed by atoms with E-state index in [1.165, 1.54) is 11.1 Å². The van der Waals surface area contributed by atoms with E-state index in [0.29, 0.717) is 0 Å². The molecule has 1 aliphatic heterocycles. The van der Waals surface area contributed by atoms with Gasteiger partial charge in [-0.2, -0.15) is 0 Å². The van der Waals surface area contributed by atoms with E-state index >= 15 is 0 Å². The van der Waals surface area contributed by atoms with Crippen LogP contribution in [0.2, 0.25) is 0 Å². The van der Waals surface area contributed by atoms with Crippen LogP contribution >= 0.6 is 0 Å². The maximum absolute atomic E-state index is 12.2. The number of amides is 1. The Hall–Kier alpha value is -1.83. The molecule has 1 aromatic carbocycles. The molecule has 0 fully saturated rings. The van der Waals surface area contributed by atoms with Crippen molar-refractivity contribution >= 4 is 11.5 Å². The third-order valence-corrected chi connectivity index (χ3v) is 3.86. The lowest BCUT2D eigenvalue weighted by Crippen LogP contribution is -2.28. The van der Waals surface area contributed by atoms with E-state index in [1.807, 2.05) is 12.1 Å². The first-order valence-corrected chi connectivity index (χ1v) is 6.54. The first-order chi connectivity index (χ1) is 8.81. The van der Waals surface area contributed by atoms with Gasteiger partial charge in [-0.1, -0.05) is 30.3 Å². The summed E-state index contributed by atoms with van der Waals surface area (Å²) in [5.74, 6) is 0.0891. The molecular formula is C16H17NO. The zero-order valence-electron chi connectivity index (χ0n) is 10.4. The minimum Gasteiger partial charge on any atom is -0.345 e. The van der Waals surface area contributed by atoms with Crippen molar-refractivity contribution in [2.45, 2.75) is 31.7 Å². The number of carbonyl (C=O) groups excluding carboxylic acids is 1. The summed E-state index contributed by atoms with van der Waals surface area (Å²) in [6.07, 6.45) is 5.92. The molecule has 1 unspecified atom stereocenters. The zero-order valence-corrected chi connectivity index (χ0v) is 10.4. The van der Waals surface area contributed by atoms with Crippen molar-refractivity contribution in [2.75, 3.05) is 0 Å². The first-order valence-electron chi connectivity index (χ1n) is 6.54. The highest BCUT2D eigenvalue weighted by molar-refractivity contribution is 6.23. The van der Waals surface area contributed by atoms with E-state index in [2.05, 4.69) is 30.1 Å². The summed E-state index contributed by atoms with van der Waals surface area (Å²) in [5.41, 5.74) is 4.64. The summed E-state index contributed by atoms with van der Waals surface area (Å²) in [5, 5.41) is 3.08. The van der Waals surface area contributed by atoms with Gasteiger partial charge in [-0.15, -0.1) is 6.58 Å². The average Bonchev–Trinajstić information content (AvgIpc) is 2.58. The van der Waals surface area contributed by atoms with E-state index in [-0.39, 0.29) is 11.9 Å². The lowest BCUT2D eigenvalue weighted by atomic mass is 9.95. The Morgan fingerprint density at radius 1 is 1.33 bits per heavy atom. The summed E-state index contributed by atoms with van der Waals surface area (Å²) in [7, 11) is 0. The predicted molar refractivity (Wildman–Crippen MR) is 73.0 cm³/mol. The van der Waals surface area contributed by atoms with Gasteiger partial charge in [0.2, 0.25) is 0 Å². The van der Waals surface area contributed by atoms with E-state index in [1.54, 1.807) is 0 Å². The van der Waals surface area contributed by atoms with Gasteiger partial charge in [0.1, 0.15) is 0 Å². The third-order valence-electron chi connectivity index (χ3n) is 3.86. The van der Waals surface area contributed by atoms with E-state index in [0.717, 1.165) is 36.8 Å². The quantitative estimate of drug-likeness (QED) is 0.790. The van der Waals surface area contributed by atoms with Gasteiger partial charge in [0.05, 0.1) is 6.04 Å². The molecule has 1 atom stereocenters. The summed E-state index contributed by atoms with van der Waals surface area (Å²) in [4.78, 5) is 12.2. The van der Waals surface area contributed by atoms with Gasteiger partial charge in [-0.25, -0.2) is 0 Å². The number of hydrogen-bond acceptors (Lipinski definition) is 1. The second-order valence-electron chi connectivity index (χ2n) is 4.96. The Morgan fingerprint density at radius 3 is 3.00 bits per heavy atom. The molecule has 0 aromatic heterocycles. The Morgan fingerprint density at radius 2 is 2.17 bits per heavy atom. The van der Waals surface area contributed by atoms with Gasteiger partial charge >= 0.3 is 0 Å². The molecular weight excluding hydrogens is 222 g/mol. The lowest BCUT2D eigenvalue weighted by molar-refractivity contribution is -0.115. The highest BCUT2D eigenvalue weighted by atomic mass is 16.2. The molecule has 0 saturated carbocycles. The van der Waals surface area contributed by atoms with Crippen molar-refractivity contribution in [3.63, 3.8) is 0 Å². The van der Waals surface area contributed by atoms with Crippen molar-refractivity contribution in [1.82, 2.24) is 5.32 Å². The van der Waals surface area contributed by atoms with Crippen LogP contribution in [0.5, 0.6) is 0 Å². The second kappa shape index (κ2) is 4.45. The summed E-state index contributed by atoms with van der Waals surface area (Å²) in [6, 6.07) is 8.45. The van der Waals surface area contributed by atoms with Crippen LogP contribution in [0.4, 0.5) is 0 Å². The van der Waals surface area contributed by atoms with Crippen LogP contribution in [0.15, 0.2) is 42.5 Å². The fourth-order valence-electron chi connectivity index (χ4n) is 3.05. The Kier molecular flexibility index (Phi) is 2.78. The highest BCUT2D eigenvalue weighted by Gasteiger charge is 2.33. The fourth-order valence-corrected chi connectivity index (χ4v) is 3.05. The summed E-state index contributed by atoms with van der Waals surface area (Å²) < 4.78 is 0. The van der Waals surface area contributed by atoms with Crippen LogP contribution in [0.25, 0.3) is 5.57 Å². The lowest BCUT2D eigenvalue weighted by Gasteiger charge is -2.12. The molecule has 0 spiro atoms. The Balaban J connectivity index is 2.13. The SMILES string of the molecule is C=CCC1NC(=O)C2=C1CCCc1ccccc12. The fraction of sp³-hybridized carbons (Fsp3) is 0.312. The molecule has 92 valence electrons. The molecule has 0 bridgehead atoms. The number of benzene rings is 1. The van der Waals surface area contributed by atoms with Crippen molar-refractivity contribution in [3.05, 3.63) is 53.6 Å². The topological polar surface area (TPSA) is 29.1 Å². The molecule has 2 heteroatoms. The molecule has 3 rings (SSSR count). The van der Waals surface area contributed by atoms with E-state index in [4.69, 9.17) is 0 Å². The molecule has 2 aliphatic rings. The van der Waals surface area contributed by atoms with Crippen molar-refractivity contribution in [1.29, 1.82) is 0 Å². The first kappa shape index (κ1) is 11.3. The number of aryl methyl sites for hydroxylation is 1. The van der Waals surface area contributed by atoms with Crippen molar-refractivity contribution in [3.8, 4) is 0 Å². The normalized spacial score (nSPS) is 22.0. The van der Waals surface area contributed by atoms with Crippen LogP contribution in [0, 0.1) is 0 Å². The Labute approximate surface area is 107 Å². The highest BCUT2D eigenvalue weighted by Crippen LogP contribution is 2.36. The van der Waals surface area contributed by atoms with Crippen molar-refractivity contribution in [2.24, 2.45) is 0 Å². The molecule has 1 aliphatic carbocycles. The van der Waals surface area contributed by atoms with Crippen LogP contribution in [-0.4, -0.2) is 11.9 Å². The van der Waals surface area contributed by atoms with Gasteiger partial charge in [0, 0.05) is 5.57 Å². The maximum Gasteiger partial charge on any atom is 0.252 e. The van der Waals surface area contributed by atoms with Crippen LogP contribution in [-0.2, 0) is 11.2 Å². The molecule has 1 aromatic rings. The number of hydrogen-bond donors (Lipinski definition) is 1. The smallest absolute Gasteiger partial charge is 0.252 e. The third kappa shape index (κ3) is 1.69. The van der Waals surface area contributed by atoms with E-state index < -0.39 is 0 Å². The van der Waals surface area contributed by atoms with Gasteiger partial charge in [-0.05, 0) is 42.4 Å². The average molecular weight is 239 g/mol.